The molecule has 0 radical (unpaired) electrons. The summed E-state index contributed by atoms with van der Waals surface area (Å²) in [5, 5.41) is 1.18. The summed E-state index contributed by atoms with van der Waals surface area (Å²) in [5.74, 6) is 4.78. The fourth-order valence-corrected chi connectivity index (χ4v) is 1.57. The quantitative estimate of drug-likeness (QED) is 0.491. The van der Waals surface area contributed by atoms with Crippen molar-refractivity contribution in [2.24, 2.45) is 5.84 Å². The first-order chi connectivity index (χ1) is 8.99. The average Bonchev–Trinajstić information content (AvgIpc) is 2.37. The van der Waals surface area contributed by atoms with Crippen LogP contribution in [-0.4, -0.2) is 20.4 Å². The van der Waals surface area contributed by atoms with Crippen LogP contribution in [-0.2, 0) is 4.79 Å². The van der Waals surface area contributed by atoms with Gasteiger partial charge in [0.2, 0.25) is 5.91 Å². The Morgan fingerprint density at radius 2 is 2.21 bits per heavy atom. The SMILES string of the molecule is CC(=O)N(N)c1ncn(-c2cccc(Cl)c2)c(=O)n1. The average molecular weight is 280 g/mol. The van der Waals surface area contributed by atoms with Crippen molar-refractivity contribution in [2.45, 2.75) is 6.92 Å². The van der Waals surface area contributed by atoms with Gasteiger partial charge in [-0.2, -0.15) is 4.98 Å². The first kappa shape index (κ1) is 13.2. The van der Waals surface area contributed by atoms with Gasteiger partial charge in [-0.3, -0.25) is 9.36 Å². The van der Waals surface area contributed by atoms with Gasteiger partial charge in [0.1, 0.15) is 6.33 Å². The van der Waals surface area contributed by atoms with Crippen LogP contribution in [0.1, 0.15) is 6.92 Å². The van der Waals surface area contributed by atoms with Crippen molar-refractivity contribution in [2.75, 3.05) is 5.01 Å². The number of aromatic nitrogens is 3. The van der Waals surface area contributed by atoms with E-state index in [0.717, 1.165) is 0 Å². The van der Waals surface area contributed by atoms with Crippen LogP contribution in [0.3, 0.4) is 0 Å². The second kappa shape index (κ2) is 5.17. The summed E-state index contributed by atoms with van der Waals surface area (Å²) in [4.78, 5) is 30.4. The van der Waals surface area contributed by atoms with Crippen molar-refractivity contribution in [1.29, 1.82) is 0 Å². The van der Waals surface area contributed by atoms with Gasteiger partial charge in [0.25, 0.3) is 5.95 Å². The molecule has 1 aromatic heterocycles. The highest BCUT2D eigenvalue weighted by atomic mass is 35.5. The summed E-state index contributed by atoms with van der Waals surface area (Å²) in [6, 6.07) is 6.66. The van der Waals surface area contributed by atoms with E-state index in [2.05, 4.69) is 9.97 Å². The van der Waals surface area contributed by atoms with E-state index in [1.54, 1.807) is 24.3 Å². The minimum atomic E-state index is -0.607. The van der Waals surface area contributed by atoms with Gasteiger partial charge in [0.15, 0.2) is 0 Å². The van der Waals surface area contributed by atoms with Gasteiger partial charge in [-0.15, -0.1) is 0 Å². The van der Waals surface area contributed by atoms with E-state index in [1.165, 1.54) is 17.8 Å². The number of amides is 1. The van der Waals surface area contributed by atoms with Crippen LogP contribution in [0.4, 0.5) is 5.95 Å². The van der Waals surface area contributed by atoms with Crippen molar-refractivity contribution in [1.82, 2.24) is 14.5 Å². The fraction of sp³-hybridized carbons (Fsp3) is 0.0909. The van der Waals surface area contributed by atoms with Gasteiger partial charge in [0, 0.05) is 11.9 Å². The Morgan fingerprint density at radius 1 is 1.47 bits per heavy atom. The van der Waals surface area contributed by atoms with Crippen LogP contribution < -0.4 is 16.5 Å². The number of carbonyl (C=O) groups excluding carboxylic acids is 1. The van der Waals surface area contributed by atoms with Crippen molar-refractivity contribution in [3.8, 4) is 5.69 Å². The maximum Gasteiger partial charge on any atom is 0.356 e. The molecular formula is C11H10ClN5O2. The Bertz CT molecular complexity index is 685. The molecule has 19 heavy (non-hydrogen) atoms. The van der Waals surface area contributed by atoms with Crippen LogP contribution in [0.2, 0.25) is 5.02 Å². The Balaban J connectivity index is 2.46. The number of nitrogens with two attached hydrogens (primary N) is 1. The lowest BCUT2D eigenvalue weighted by Gasteiger charge is -2.12. The normalized spacial score (nSPS) is 10.3. The Morgan fingerprint density at radius 3 is 2.79 bits per heavy atom. The van der Waals surface area contributed by atoms with Crippen LogP contribution in [0, 0.1) is 0 Å². The maximum absolute atomic E-state index is 11.9. The number of benzene rings is 1. The standard InChI is InChI=1S/C11H10ClN5O2/c1-7(18)17(13)10-14-6-16(11(19)15-10)9-4-2-3-8(12)5-9/h2-6H,13H2,1H3. The lowest BCUT2D eigenvalue weighted by molar-refractivity contribution is -0.116. The number of rotatable bonds is 2. The zero-order valence-corrected chi connectivity index (χ0v) is 10.7. The van der Waals surface area contributed by atoms with E-state index < -0.39 is 11.6 Å². The van der Waals surface area contributed by atoms with Crippen LogP contribution >= 0.6 is 11.6 Å². The molecule has 8 heteroatoms. The second-order valence-corrected chi connectivity index (χ2v) is 4.11. The van der Waals surface area contributed by atoms with Gasteiger partial charge < -0.3 is 0 Å². The van der Waals surface area contributed by atoms with Crippen molar-refractivity contribution < 1.29 is 4.79 Å². The molecule has 0 aliphatic heterocycles. The summed E-state index contributed by atoms with van der Waals surface area (Å²) >= 11 is 5.84. The maximum atomic E-state index is 11.9. The molecule has 0 atom stereocenters. The molecule has 0 bridgehead atoms. The van der Waals surface area contributed by atoms with Gasteiger partial charge >= 0.3 is 5.69 Å². The summed E-state index contributed by atoms with van der Waals surface area (Å²) in [7, 11) is 0. The molecule has 0 saturated carbocycles. The third kappa shape index (κ3) is 2.78. The molecule has 1 amide bonds. The monoisotopic (exact) mass is 279 g/mol. The number of halogens is 1. The van der Waals surface area contributed by atoms with Gasteiger partial charge in [-0.25, -0.2) is 20.6 Å². The summed E-state index contributed by atoms with van der Waals surface area (Å²) in [6.07, 6.45) is 1.24. The van der Waals surface area contributed by atoms with E-state index in [9.17, 15) is 9.59 Å². The smallest absolute Gasteiger partial charge is 0.273 e. The van der Waals surface area contributed by atoms with Crippen LogP contribution in [0.25, 0.3) is 5.69 Å². The van der Waals surface area contributed by atoms with Crippen molar-refractivity contribution >= 4 is 23.5 Å². The lowest BCUT2D eigenvalue weighted by atomic mass is 10.3. The first-order valence-electron chi connectivity index (χ1n) is 5.26. The molecule has 2 N–H and O–H groups in total. The third-order valence-electron chi connectivity index (χ3n) is 2.33. The minimum Gasteiger partial charge on any atom is -0.273 e. The molecule has 0 unspecified atom stereocenters. The molecule has 7 nitrogen and oxygen atoms in total. The highest BCUT2D eigenvalue weighted by Crippen LogP contribution is 2.13. The van der Waals surface area contributed by atoms with Crippen molar-refractivity contribution in [3.63, 3.8) is 0 Å². The number of nitrogens with zero attached hydrogens (tertiary/aromatic N) is 4. The van der Waals surface area contributed by atoms with Gasteiger partial charge in [-0.05, 0) is 18.2 Å². The zero-order valence-electron chi connectivity index (χ0n) is 9.95. The number of carbonyl (C=O) groups is 1. The molecule has 0 spiro atoms. The molecule has 98 valence electrons. The number of hydrazine groups is 1. The fourth-order valence-electron chi connectivity index (χ4n) is 1.39. The van der Waals surface area contributed by atoms with E-state index in [0.29, 0.717) is 15.7 Å². The first-order valence-corrected chi connectivity index (χ1v) is 5.64. The number of hydrogen-bond donors (Lipinski definition) is 1. The molecule has 0 aliphatic rings. The zero-order chi connectivity index (χ0) is 14.0. The third-order valence-corrected chi connectivity index (χ3v) is 2.57. The highest BCUT2D eigenvalue weighted by molar-refractivity contribution is 6.30. The van der Waals surface area contributed by atoms with Crippen molar-refractivity contribution in [3.05, 3.63) is 46.1 Å². The van der Waals surface area contributed by atoms with E-state index in [4.69, 9.17) is 17.4 Å². The van der Waals surface area contributed by atoms with Gasteiger partial charge in [-0.1, -0.05) is 17.7 Å². The summed E-state index contributed by atoms with van der Waals surface area (Å²) in [6.45, 7) is 1.24. The predicted octanol–water partition coefficient (Wildman–Crippen LogP) is 0.507. The molecule has 1 aromatic carbocycles. The largest absolute Gasteiger partial charge is 0.356 e. The molecule has 0 fully saturated rings. The molecule has 2 rings (SSSR count). The highest BCUT2D eigenvalue weighted by Gasteiger charge is 2.11. The van der Waals surface area contributed by atoms with E-state index >= 15 is 0 Å². The van der Waals surface area contributed by atoms with Crippen LogP contribution in [0.5, 0.6) is 0 Å². The Hall–Kier alpha value is -2.25. The Kier molecular flexibility index (Phi) is 3.59. The second-order valence-electron chi connectivity index (χ2n) is 3.68. The number of hydrogen-bond acceptors (Lipinski definition) is 5. The minimum absolute atomic E-state index is 0.157. The predicted molar refractivity (Wildman–Crippen MR) is 70.0 cm³/mol. The topological polar surface area (TPSA) is 94.1 Å². The van der Waals surface area contributed by atoms with E-state index in [1.807, 2.05) is 0 Å². The lowest BCUT2D eigenvalue weighted by Crippen LogP contribution is -2.39. The molecule has 0 aliphatic carbocycles. The summed E-state index contributed by atoms with van der Waals surface area (Å²) < 4.78 is 1.20. The summed E-state index contributed by atoms with van der Waals surface area (Å²) in [5.41, 5.74) is -0.0839. The number of anilines is 1. The van der Waals surface area contributed by atoms with Gasteiger partial charge in [0.05, 0.1) is 5.69 Å². The molecular weight excluding hydrogens is 270 g/mol. The Labute approximate surface area is 113 Å². The van der Waals surface area contributed by atoms with Crippen LogP contribution in [0.15, 0.2) is 35.4 Å². The molecule has 2 aromatic rings. The van der Waals surface area contributed by atoms with E-state index in [-0.39, 0.29) is 5.95 Å². The molecule has 1 heterocycles. The molecule has 0 saturated heterocycles.